The van der Waals surface area contributed by atoms with Crippen molar-refractivity contribution >= 4 is 35.1 Å². The van der Waals surface area contributed by atoms with E-state index in [0.717, 1.165) is 67.7 Å². The highest BCUT2D eigenvalue weighted by Gasteiger charge is 2.54. The van der Waals surface area contributed by atoms with Gasteiger partial charge in [-0.25, -0.2) is 9.59 Å². The molecule has 4 N–H and O–H groups in total. The van der Waals surface area contributed by atoms with E-state index in [1.807, 2.05) is 60.8 Å². The van der Waals surface area contributed by atoms with Gasteiger partial charge in [0.2, 0.25) is 5.91 Å². The highest BCUT2D eigenvalue weighted by atomic mass is 35.5. The van der Waals surface area contributed by atoms with Crippen LogP contribution in [-0.4, -0.2) is 57.8 Å². The Morgan fingerprint density at radius 2 is 1.72 bits per heavy atom. The lowest BCUT2D eigenvalue weighted by Gasteiger charge is -2.47. The number of pyridine rings is 1. The number of benzene rings is 3. The molecule has 0 unspecified atom stereocenters. The first-order chi connectivity index (χ1) is 29.4. The number of halogens is 1. The fourth-order valence-electron chi connectivity index (χ4n) is 10.6. The summed E-state index contributed by atoms with van der Waals surface area (Å²) in [5.74, 6) is 0.424. The third kappa shape index (κ3) is 9.40. The Bertz CT molecular complexity index is 2240. The van der Waals surface area contributed by atoms with Crippen LogP contribution in [0.1, 0.15) is 112 Å². The highest BCUT2D eigenvalue weighted by molar-refractivity contribution is 6.30. The summed E-state index contributed by atoms with van der Waals surface area (Å²) in [5, 5.41) is 27.3. The standard InChI is InChI=1S/C50H58ClN3O7/c1-32(30-60-43-16-23-52-41-13-6-8-33(2)45(41)43)24-36-26-35-14-15-39(61-31-48(17-18-48)29-44(55)53-42(46(56)57)25-34-9-4-3-5-10-34)28-40(35)49(36)19-21-50(22-20-49,47(58)59)54-38-12-7-11-37(51)27-38/h3-5,7,9-12,14-16,23,27-28,32-33,36,42,54H,6,8,13,17-22,24-26,29-31H2,1-2H3,(H,53,55)(H,56,57)(H,58,59)/t32-,33-,36+,42-,49?,50?/m1/s1. The molecule has 8 rings (SSSR count). The number of aryl methyl sites for hydroxylation is 1. The van der Waals surface area contributed by atoms with Crippen molar-refractivity contribution in [2.75, 3.05) is 18.5 Å². The molecule has 0 saturated heterocycles. The molecule has 0 radical (unpaired) electrons. The third-order valence-electron chi connectivity index (χ3n) is 14.2. The van der Waals surface area contributed by atoms with Crippen molar-refractivity contribution in [3.8, 4) is 11.5 Å². The number of amides is 1. The molecule has 2 fully saturated rings. The lowest BCUT2D eigenvalue weighted by molar-refractivity contribution is -0.144. The molecule has 1 amide bonds. The van der Waals surface area contributed by atoms with Gasteiger partial charge in [0.15, 0.2) is 0 Å². The second-order valence-electron chi connectivity index (χ2n) is 18.6. The Balaban J connectivity index is 0.982. The number of fused-ring (bicyclic) bond motifs is 3. The van der Waals surface area contributed by atoms with Crippen LogP contribution in [0.4, 0.5) is 5.69 Å². The molecule has 3 aromatic carbocycles. The van der Waals surface area contributed by atoms with E-state index in [2.05, 4.69) is 41.6 Å². The van der Waals surface area contributed by atoms with E-state index in [9.17, 15) is 24.6 Å². The van der Waals surface area contributed by atoms with Gasteiger partial charge in [0, 0.05) is 46.4 Å². The van der Waals surface area contributed by atoms with Crippen LogP contribution < -0.4 is 20.1 Å². The molecule has 0 aliphatic heterocycles. The summed E-state index contributed by atoms with van der Waals surface area (Å²) in [7, 11) is 0. The van der Waals surface area contributed by atoms with Crippen LogP contribution in [0.25, 0.3) is 0 Å². The lowest BCUT2D eigenvalue weighted by atomic mass is 9.59. The van der Waals surface area contributed by atoms with Gasteiger partial charge >= 0.3 is 11.9 Å². The molecule has 4 aliphatic carbocycles. The van der Waals surface area contributed by atoms with Crippen LogP contribution in [0.3, 0.4) is 0 Å². The number of carbonyl (C=O) groups is 3. The number of carboxylic acid groups (broad SMARTS) is 2. The smallest absolute Gasteiger partial charge is 0.329 e. The Morgan fingerprint density at radius 3 is 2.44 bits per heavy atom. The molecule has 4 aromatic rings. The number of anilines is 1. The molecule has 0 bridgehead atoms. The van der Waals surface area contributed by atoms with Gasteiger partial charge in [-0.3, -0.25) is 9.78 Å². The van der Waals surface area contributed by atoms with Crippen LogP contribution in [-0.2, 0) is 39.1 Å². The number of carboxylic acids is 2. The van der Waals surface area contributed by atoms with Gasteiger partial charge in [-0.15, -0.1) is 0 Å². The second kappa shape index (κ2) is 17.7. The minimum absolute atomic E-state index is 0.195. The predicted molar refractivity (Wildman–Crippen MR) is 236 cm³/mol. The Kier molecular flexibility index (Phi) is 12.4. The number of ether oxygens (including phenoxy) is 2. The number of aliphatic carboxylic acids is 2. The fraction of sp³-hybridized carbons (Fsp3) is 0.480. The molecular weight excluding hydrogens is 790 g/mol. The topological polar surface area (TPSA) is 147 Å². The molecule has 4 atom stereocenters. The number of nitrogens with zero attached hydrogens (tertiary/aromatic N) is 1. The number of aromatic nitrogens is 1. The Morgan fingerprint density at radius 1 is 0.934 bits per heavy atom. The second-order valence-corrected chi connectivity index (χ2v) is 19.1. The van der Waals surface area contributed by atoms with Crippen LogP contribution in [0.5, 0.6) is 11.5 Å². The Labute approximate surface area is 363 Å². The molecule has 2 saturated carbocycles. The van der Waals surface area contributed by atoms with E-state index in [1.165, 1.54) is 16.7 Å². The maximum absolute atomic E-state index is 13.2. The molecule has 1 spiro atoms. The number of carbonyl (C=O) groups excluding carboxylic acids is 1. The summed E-state index contributed by atoms with van der Waals surface area (Å²) in [4.78, 5) is 43.1. The van der Waals surface area contributed by atoms with Gasteiger partial charge in [0.25, 0.3) is 0 Å². The number of hydrogen-bond acceptors (Lipinski definition) is 7. The van der Waals surface area contributed by atoms with Crippen molar-refractivity contribution in [1.29, 1.82) is 0 Å². The van der Waals surface area contributed by atoms with Crippen LogP contribution in [0.2, 0.25) is 5.02 Å². The number of hydrogen-bond donors (Lipinski definition) is 4. The largest absolute Gasteiger partial charge is 0.493 e. The quantitative estimate of drug-likeness (QED) is 0.0816. The first-order valence-electron chi connectivity index (χ1n) is 22.1. The maximum atomic E-state index is 13.2. The SMILES string of the molecule is C[C@@H](COc1ccnc2c1[C@H](C)CCC2)C[C@H]1Cc2ccc(OCC3(CC(=O)N[C@H](Cc4ccccc4)C(=O)O)CC3)cc2C12CCC(Nc1cccc(Cl)c1)(C(=O)O)CC2. The average Bonchev–Trinajstić information content (AvgIpc) is 3.95. The van der Waals surface area contributed by atoms with Gasteiger partial charge in [-0.2, -0.15) is 0 Å². The van der Waals surface area contributed by atoms with Crippen molar-refractivity contribution in [3.05, 3.63) is 118 Å². The molecule has 322 valence electrons. The summed E-state index contributed by atoms with van der Waals surface area (Å²) >= 11 is 6.32. The third-order valence-corrected chi connectivity index (χ3v) is 14.5. The zero-order valence-corrected chi connectivity index (χ0v) is 36.0. The van der Waals surface area contributed by atoms with E-state index in [0.29, 0.717) is 55.5 Å². The molecule has 1 aromatic heterocycles. The summed E-state index contributed by atoms with van der Waals surface area (Å²) in [6, 6.07) is 24.0. The van der Waals surface area contributed by atoms with Crippen molar-refractivity contribution in [2.24, 2.45) is 17.3 Å². The Hall–Kier alpha value is -5.09. The summed E-state index contributed by atoms with van der Waals surface area (Å²) in [5.41, 5.74) is 4.71. The summed E-state index contributed by atoms with van der Waals surface area (Å²) in [6.07, 6.45) is 11.3. The zero-order chi connectivity index (χ0) is 42.8. The van der Waals surface area contributed by atoms with E-state index < -0.39 is 23.5 Å². The normalized spacial score (nSPS) is 24.4. The van der Waals surface area contributed by atoms with Gasteiger partial charge < -0.3 is 30.3 Å². The first kappa shape index (κ1) is 42.6. The molecule has 61 heavy (non-hydrogen) atoms. The van der Waals surface area contributed by atoms with E-state index in [4.69, 9.17) is 21.1 Å². The van der Waals surface area contributed by atoms with E-state index >= 15 is 0 Å². The van der Waals surface area contributed by atoms with Gasteiger partial charge in [0.1, 0.15) is 23.1 Å². The van der Waals surface area contributed by atoms with Crippen molar-refractivity contribution in [2.45, 2.75) is 120 Å². The van der Waals surface area contributed by atoms with Gasteiger partial charge in [0.05, 0.1) is 13.2 Å². The lowest BCUT2D eigenvalue weighted by Crippen LogP contribution is -2.53. The highest BCUT2D eigenvalue weighted by Crippen LogP contribution is 2.57. The minimum Gasteiger partial charge on any atom is -0.493 e. The first-order valence-corrected chi connectivity index (χ1v) is 22.4. The van der Waals surface area contributed by atoms with Crippen LogP contribution >= 0.6 is 11.6 Å². The molecule has 11 heteroatoms. The van der Waals surface area contributed by atoms with Gasteiger partial charge in [-0.1, -0.05) is 67.9 Å². The molecular formula is C50H58ClN3O7. The summed E-state index contributed by atoms with van der Waals surface area (Å²) < 4.78 is 13.1. The maximum Gasteiger partial charge on any atom is 0.329 e. The summed E-state index contributed by atoms with van der Waals surface area (Å²) in [6.45, 7) is 5.47. The predicted octanol–water partition coefficient (Wildman–Crippen LogP) is 9.56. The van der Waals surface area contributed by atoms with Crippen LogP contribution in [0, 0.1) is 17.3 Å². The molecule has 4 aliphatic rings. The monoisotopic (exact) mass is 847 g/mol. The van der Waals surface area contributed by atoms with Crippen molar-refractivity contribution in [1.82, 2.24) is 10.3 Å². The molecule has 10 nitrogen and oxygen atoms in total. The number of nitrogens with one attached hydrogen (secondary N) is 2. The fourth-order valence-corrected chi connectivity index (χ4v) is 10.8. The molecule has 1 heterocycles. The van der Waals surface area contributed by atoms with Crippen LogP contribution in [0.15, 0.2) is 85.1 Å². The zero-order valence-electron chi connectivity index (χ0n) is 35.3. The van der Waals surface area contributed by atoms with Crippen molar-refractivity contribution < 1.29 is 34.1 Å². The minimum atomic E-state index is -1.14. The van der Waals surface area contributed by atoms with E-state index in [-0.39, 0.29) is 41.4 Å². The van der Waals surface area contributed by atoms with Gasteiger partial charge in [-0.05, 0) is 147 Å². The van der Waals surface area contributed by atoms with Crippen molar-refractivity contribution in [3.63, 3.8) is 0 Å². The number of rotatable bonds is 17. The van der Waals surface area contributed by atoms with E-state index in [1.54, 1.807) is 12.1 Å². The average molecular weight is 848 g/mol.